The minimum absolute atomic E-state index is 0.0130. The lowest BCUT2D eigenvalue weighted by Gasteiger charge is -2.07. The van der Waals surface area contributed by atoms with Crippen LogP contribution in [0.25, 0.3) is 0 Å². The van der Waals surface area contributed by atoms with Crippen LogP contribution in [0, 0.1) is 6.92 Å². The molecule has 0 aliphatic heterocycles. The number of hydrogen-bond donors (Lipinski definition) is 0. The van der Waals surface area contributed by atoms with Crippen LogP contribution < -0.4 is 4.74 Å². The molecule has 0 aromatic heterocycles. The number of ether oxygens (including phenoxy) is 2. The van der Waals surface area contributed by atoms with Crippen molar-refractivity contribution in [3.63, 3.8) is 0 Å². The van der Waals surface area contributed by atoms with Crippen LogP contribution in [0.3, 0.4) is 0 Å². The van der Waals surface area contributed by atoms with Gasteiger partial charge in [-0.25, -0.2) is 0 Å². The maximum atomic E-state index is 11.8. The molecule has 0 aliphatic carbocycles. The maximum Gasteiger partial charge on any atom is 0.311 e. The van der Waals surface area contributed by atoms with E-state index in [2.05, 4.69) is 6.92 Å². The van der Waals surface area contributed by atoms with Crippen molar-refractivity contribution in [2.45, 2.75) is 84.5 Å². The third-order valence-corrected chi connectivity index (χ3v) is 4.67. The van der Waals surface area contributed by atoms with E-state index in [1.807, 2.05) is 13.0 Å². The molecule has 0 N–H and O–H groups in total. The molecule has 0 fully saturated rings. The van der Waals surface area contributed by atoms with E-state index in [1.165, 1.54) is 44.9 Å². The van der Waals surface area contributed by atoms with Gasteiger partial charge >= 0.3 is 11.9 Å². The lowest BCUT2D eigenvalue weighted by molar-refractivity contribution is -0.147. The number of unbranched alkanes of at least 4 members (excludes halogenated alkanes) is 8. The Morgan fingerprint density at radius 3 is 2.15 bits per heavy atom. The highest BCUT2D eigenvalue weighted by Gasteiger charge is 2.12. The lowest BCUT2D eigenvalue weighted by Crippen LogP contribution is -2.13. The van der Waals surface area contributed by atoms with Crippen molar-refractivity contribution in [3.8, 4) is 5.75 Å². The Morgan fingerprint density at radius 1 is 0.889 bits per heavy atom. The molecule has 0 unspecified atom stereocenters. The van der Waals surface area contributed by atoms with Gasteiger partial charge in [0.1, 0.15) is 5.75 Å². The molecule has 152 valence electrons. The van der Waals surface area contributed by atoms with Crippen LogP contribution in [0.5, 0.6) is 5.75 Å². The monoisotopic (exact) mass is 396 g/mol. The minimum Gasteiger partial charge on any atom is -0.466 e. The Hall–Kier alpha value is -1.55. The molecule has 0 saturated carbocycles. The number of aryl methyl sites for hydroxylation is 1. The SMILES string of the molecule is CCCCCCCCCCCOC(=O)CCC(=O)Oc1cc(C)ccc1Cl. The fourth-order valence-electron chi connectivity index (χ4n) is 2.74. The van der Waals surface area contributed by atoms with Crippen molar-refractivity contribution in [2.24, 2.45) is 0 Å². The molecule has 0 radical (unpaired) electrons. The Morgan fingerprint density at radius 2 is 1.48 bits per heavy atom. The molecule has 4 nitrogen and oxygen atoms in total. The van der Waals surface area contributed by atoms with Gasteiger partial charge < -0.3 is 9.47 Å². The predicted octanol–water partition coefficient (Wildman–Crippen LogP) is 6.41. The molecular weight excluding hydrogens is 364 g/mol. The zero-order chi connectivity index (χ0) is 19.9. The van der Waals surface area contributed by atoms with Gasteiger partial charge in [-0.2, -0.15) is 0 Å². The first-order valence-electron chi connectivity index (χ1n) is 10.2. The van der Waals surface area contributed by atoms with E-state index >= 15 is 0 Å². The zero-order valence-corrected chi connectivity index (χ0v) is 17.5. The van der Waals surface area contributed by atoms with Crippen LogP contribution in [0.15, 0.2) is 18.2 Å². The van der Waals surface area contributed by atoms with Gasteiger partial charge in [-0.05, 0) is 31.0 Å². The number of hydrogen-bond acceptors (Lipinski definition) is 4. The average molecular weight is 397 g/mol. The topological polar surface area (TPSA) is 52.6 Å². The third-order valence-electron chi connectivity index (χ3n) is 4.35. The van der Waals surface area contributed by atoms with E-state index in [9.17, 15) is 9.59 Å². The summed E-state index contributed by atoms with van der Waals surface area (Å²) in [5.74, 6) is -0.519. The van der Waals surface area contributed by atoms with Gasteiger partial charge in [0.2, 0.25) is 0 Å². The van der Waals surface area contributed by atoms with E-state index in [1.54, 1.807) is 12.1 Å². The second-order valence-corrected chi connectivity index (χ2v) is 7.36. The van der Waals surface area contributed by atoms with Crippen LogP contribution in [0.2, 0.25) is 5.02 Å². The average Bonchev–Trinajstić information content (AvgIpc) is 2.64. The molecule has 27 heavy (non-hydrogen) atoms. The van der Waals surface area contributed by atoms with Crippen LogP contribution in [-0.4, -0.2) is 18.5 Å². The van der Waals surface area contributed by atoms with E-state index in [-0.39, 0.29) is 18.8 Å². The molecule has 0 spiro atoms. The van der Waals surface area contributed by atoms with Gasteiger partial charge in [0.05, 0.1) is 24.5 Å². The first-order valence-corrected chi connectivity index (χ1v) is 10.5. The Balaban J connectivity index is 2.03. The molecular formula is C22H33ClO4. The molecule has 0 amide bonds. The van der Waals surface area contributed by atoms with Crippen molar-refractivity contribution in [3.05, 3.63) is 28.8 Å². The van der Waals surface area contributed by atoms with Gasteiger partial charge in [0.25, 0.3) is 0 Å². The first-order chi connectivity index (χ1) is 13.0. The molecule has 1 aromatic rings. The largest absolute Gasteiger partial charge is 0.466 e. The van der Waals surface area contributed by atoms with Crippen molar-refractivity contribution < 1.29 is 19.1 Å². The second kappa shape index (κ2) is 14.5. The summed E-state index contributed by atoms with van der Waals surface area (Å²) >= 11 is 5.99. The second-order valence-electron chi connectivity index (χ2n) is 6.96. The van der Waals surface area contributed by atoms with Crippen LogP contribution in [0.1, 0.15) is 83.1 Å². The maximum absolute atomic E-state index is 11.8. The van der Waals surface area contributed by atoms with Gasteiger partial charge in [-0.15, -0.1) is 0 Å². The fraction of sp³-hybridized carbons (Fsp3) is 0.636. The van der Waals surface area contributed by atoms with Gasteiger partial charge in [0, 0.05) is 0 Å². The number of rotatable bonds is 14. The smallest absolute Gasteiger partial charge is 0.311 e. The van der Waals surface area contributed by atoms with Crippen molar-refractivity contribution in [2.75, 3.05) is 6.61 Å². The van der Waals surface area contributed by atoms with Gasteiger partial charge in [-0.1, -0.05) is 76.0 Å². The highest BCUT2D eigenvalue weighted by molar-refractivity contribution is 6.32. The number of benzene rings is 1. The number of carbonyl (C=O) groups excluding carboxylic acids is 2. The summed E-state index contributed by atoms with van der Waals surface area (Å²) in [6, 6.07) is 5.21. The summed E-state index contributed by atoms with van der Waals surface area (Å²) in [6.45, 7) is 4.54. The molecule has 0 atom stereocenters. The molecule has 5 heteroatoms. The van der Waals surface area contributed by atoms with Crippen LogP contribution in [-0.2, 0) is 14.3 Å². The summed E-state index contributed by atoms with van der Waals surface area (Å²) < 4.78 is 10.4. The zero-order valence-electron chi connectivity index (χ0n) is 16.7. The summed E-state index contributed by atoms with van der Waals surface area (Å²) in [4.78, 5) is 23.5. The summed E-state index contributed by atoms with van der Waals surface area (Å²) in [5, 5.41) is 0.377. The molecule has 0 saturated heterocycles. The van der Waals surface area contributed by atoms with Gasteiger partial charge in [0.15, 0.2) is 0 Å². The fourth-order valence-corrected chi connectivity index (χ4v) is 2.89. The van der Waals surface area contributed by atoms with Crippen LogP contribution in [0.4, 0.5) is 0 Å². The van der Waals surface area contributed by atoms with Gasteiger partial charge in [-0.3, -0.25) is 9.59 Å². The molecule has 1 aromatic carbocycles. The third kappa shape index (κ3) is 11.7. The lowest BCUT2D eigenvalue weighted by atomic mass is 10.1. The summed E-state index contributed by atoms with van der Waals surface area (Å²) in [5.41, 5.74) is 0.947. The summed E-state index contributed by atoms with van der Waals surface area (Å²) in [6.07, 6.45) is 11.0. The number of carbonyl (C=O) groups is 2. The van der Waals surface area contributed by atoms with Crippen molar-refractivity contribution in [1.82, 2.24) is 0 Å². The minimum atomic E-state index is -0.484. The Bertz CT molecular complexity index is 571. The van der Waals surface area contributed by atoms with E-state index in [0.29, 0.717) is 17.4 Å². The first kappa shape index (κ1) is 23.5. The molecule has 1 rings (SSSR count). The quantitative estimate of drug-likeness (QED) is 0.207. The highest BCUT2D eigenvalue weighted by Crippen LogP contribution is 2.25. The standard InChI is InChI=1S/C22H33ClO4/c1-3-4-5-6-7-8-9-10-11-16-26-21(24)14-15-22(25)27-20-17-18(2)12-13-19(20)23/h12-13,17H,3-11,14-16H2,1-2H3. The molecule has 0 aliphatic rings. The normalized spacial score (nSPS) is 10.6. The Kier molecular flexibility index (Phi) is 12.6. The van der Waals surface area contributed by atoms with E-state index < -0.39 is 5.97 Å². The highest BCUT2D eigenvalue weighted by atomic mass is 35.5. The van der Waals surface area contributed by atoms with Crippen LogP contribution >= 0.6 is 11.6 Å². The van der Waals surface area contributed by atoms with Crippen molar-refractivity contribution >= 4 is 23.5 Å². The van der Waals surface area contributed by atoms with E-state index in [4.69, 9.17) is 21.1 Å². The number of esters is 2. The van der Waals surface area contributed by atoms with E-state index in [0.717, 1.165) is 18.4 Å². The summed E-state index contributed by atoms with van der Waals surface area (Å²) in [7, 11) is 0. The number of halogens is 1. The molecule has 0 bridgehead atoms. The predicted molar refractivity (Wildman–Crippen MR) is 109 cm³/mol. The molecule has 0 heterocycles. The van der Waals surface area contributed by atoms with Crippen molar-refractivity contribution in [1.29, 1.82) is 0 Å². The Labute approximate surface area is 168 Å².